The van der Waals surface area contributed by atoms with Crippen LogP contribution in [-0.2, 0) is 0 Å². The average molecular weight is 394 g/mol. The molecule has 0 bridgehead atoms. The standard InChI is InChI=1S/C21H16F2N4O2/c1-26(14-6-4-13(22)5-7-14)20(28)19-18(25-21-24-10-3-11-27(19)21)16-9-8-15(29-2)12-17(16)23/h3-12H,1-2H3. The number of anilines is 1. The molecule has 0 saturated heterocycles. The number of hydrogen-bond acceptors (Lipinski definition) is 4. The van der Waals surface area contributed by atoms with E-state index >= 15 is 0 Å². The summed E-state index contributed by atoms with van der Waals surface area (Å²) in [6.45, 7) is 0. The number of carbonyl (C=O) groups excluding carboxylic acids is 1. The third-order valence-corrected chi connectivity index (χ3v) is 4.56. The molecule has 0 atom stereocenters. The van der Waals surface area contributed by atoms with Gasteiger partial charge in [-0.2, -0.15) is 0 Å². The van der Waals surface area contributed by atoms with Gasteiger partial charge in [0.2, 0.25) is 5.78 Å². The van der Waals surface area contributed by atoms with Crippen molar-refractivity contribution in [3.8, 4) is 17.0 Å². The number of methoxy groups -OCH3 is 1. The van der Waals surface area contributed by atoms with Gasteiger partial charge in [0.15, 0.2) is 0 Å². The maximum absolute atomic E-state index is 14.7. The molecule has 4 rings (SSSR count). The van der Waals surface area contributed by atoms with Gasteiger partial charge in [-0.15, -0.1) is 0 Å². The fourth-order valence-corrected chi connectivity index (χ4v) is 3.04. The molecule has 0 unspecified atom stereocenters. The maximum Gasteiger partial charge on any atom is 0.277 e. The molecular formula is C21H16F2N4O2. The summed E-state index contributed by atoms with van der Waals surface area (Å²) in [5, 5.41) is 0. The first-order valence-corrected chi connectivity index (χ1v) is 8.70. The number of imidazole rings is 1. The third kappa shape index (κ3) is 3.29. The van der Waals surface area contributed by atoms with Crippen LogP contribution in [0.3, 0.4) is 0 Å². The Balaban J connectivity index is 1.88. The number of nitrogens with zero attached hydrogens (tertiary/aromatic N) is 4. The lowest BCUT2D eigenvalue weighted by Crippen LogP contribution is -2.28. The van der Waals surface area contributed by atoms with Crippen LogP contribution in [0.1, 0.15) is 10.5 Å². The summed E-state index contributed by atoms with van der Waals surface area (Å²) in [6.07, 6.45) is 3.17. The van der Waals surface area contributed by atoms with Crippen molar-refractivity contribution in [3.05, 3.63) is 78.3 Å². The Bertz CT molecular complexity index is 1210. The Morgan fingerprint density at radius 2 is 1.90 bits per heavy atom. The summed E-state index contributed by atoms with van der Waals surface area (Å²) in [4.78, 5) is 23.2. The normalized spacial score (nSPS) is 10.9. The van der Waals surface area contributed by atoms with E-state index in [9.17, 15) is 13.6 Å². The number of amides is 1. The number of hydrogen-bond donors (Lipinski definition) is 0. The van der Waals surface area contributed by atoms with E-state index in [-0.39, 0.29) is 22.7 Å². The molecule has 0 N–H and O–H groups in total. The van der Waals surface area contributed by atoms with Crippen molar-refractivity contribution < 1.29 is 18.3 Å². The number of ether oxygens (including phenoxy) is 1. The Kier molecular flexibility index (Phi) is 4.67. The lowest BCUT2D eigenvalue weighted by atomic mass is 10.1. The molecule has 0 aliphatic carbocycles. The van der Waals surface area contributed by atoms with Crippen LogP contribution in [-0.4, -0.2) is 34.4 Å². The van der Waals surface area contributed by atoms with Gasteiger partial charge in [0.1, 0.15) is 28.8 Å². The monoisotopic (exact) mass is 394 g/mol. The van der Waals surface area contributed by atoms with Crippen LogP contribution in [0, 0.1) is 11.6 Å². The highest BCUT2D eigenvalue weighted by atomic mass is 19.1. The molecule has 8 heteroatoms. The minimum absolute atomic E-state index is 0.143. The van der Waals surface area contributed by atoms with Crippen LogP contribution in [0.25, 0.3) is 17.0 Å². The van der Waals surface area contributed by atoms with Crippen molar-refractivity contribution in [2.75, 3.05) is 19.1 Å². The highest BCUT2D eigenvalue weighted by molar-refractivity contribution is 6.08. The molecule has 146 valence electrons. The second-order valence-corrected chi connectivity index (χ2v) is 6.29. The molecule has 2 heterocycles. The van der Waals surface area contributed by atoms with Crippen LogP contribution in [0.15, 0.2) is 60.9 Å². The van der Waals surface area contributed by atoms with E-state index in [0.29, 0.717) is 11.4 Å². The molecule has 6 nitrogen and oxygen atoms in total. The third-order valence-electron chi connectivity index (χ3n) is 4.56. The molecule has 0 saturated carbocycles. The second kappa shape index (κ2) is 7.31. The van der Waals surface area contributed by atoms with Crippen LogP contribution >= 0.6 is 0 Å². The molecule has 0 radical (unpaired) electrons. The van der Waals surface area contributed by atoms with Gasteiger partial charge in [-0.3, -0.25) is 9.20 Å². The number of halogens is 2. The van der Waals surface area contributed by atoms with E-state index in [2.05, 4.69) is 9.97 Å². The number of rotatable bonds is 4. The summed E-state index contributed by atoms with van der Waals surface area (Å²) in [5.74, 6) is -0.818. The van der Waals surface area contributed by atoms with Crippen LogP contribution in [0.5, 0.6) is 5.75 Å². The van der Waals surface area contributed by atoms with Crippen LogP contribution in [0.4, 0.5) is 14.5 Å². The smallest absolute Gasteiger partial charge is 0.277 e. The summed E-state index contributed by atoms with van der Waals surface area (Å²) in [7, 11) is 3.00. The van der Waals surface area contributed by atoms with Gasteiger partial charge in [-0.25, -0.2) is 18.7 Å². The van der Waals surface area contributed by atoms with Crippen molar-refractivity contribution in [3.63, 3.8) is 0 Å². The van der Waals surface area contributed by atoms with E-state index in [1.54, 1.807) is 25.4 Å². The van der Waals surface area contributed by atoms with Gasteiger partial charge in [-0.1, -0.05) is 0 Å². The zero-order valence-electron chi connectivity index (χ0n) is 15.6. The first-order valence-electron chi connectivity index (χ1n) is 8.70. The van der Waals surface area contributed by atoms with E-state index in [1.807, 2.05) is 0 Å². The Hall–Kier alpha value is -3.81. The zero-order chi connectivity index (χ0) is 20.5. The van der Waals surface area contributed by atoms with Crippen LogP contribution < -0.4 is 9.64 Å². The fourth-order valence-electron chi connectivity index (χ4n) is 3.04. The molecule has 2 aromatic carbocycles. The molecule has 1 amide bonds. The molecule has 0 aliphatic heterocycles. The topological polar surface area (TPSA) is 59.7 Å². The molecule has 0 spiro atoms. The molecule has 29 heavy (non-hydrogen) atoms. The number of fused-ring (bicyclic) bond motifs is 1. The largest absolute Gasteiger partial charge is 0.497 e. The van der Waals surface area contributed by atoms with Crippen molar-refractivity contribution >= 4 is 17.4 Å². The highest BCUT2D eigenvalue weighted by Gasteiger charge is 2.26. The van der Waals surface area contributed by atoms with E-state index < -0.39 is 17.5 Å². The Morgan fingerprint density at radius 3 is 2.59 bits per heavy atom. The van der Waals surface area contributed by atoms with Gasteiger partial charge in [-0.05, 0) is 42.5 Å². The summed E-state index contributed by atoms with van der Waals surface area (Å²) in [6, 6.07) is 11.5. The van der Waals surface area contributed by atoms with Crippen molar-refractivity contribution in [2.45, 2.75) is 0 Å². The summed E-state index contributed by atoms with van der Waals surface area (Å²) >= 11 is 0. The zero-order valence-corrected chi connectivity index (χ0v) is 15.6. The summed E-state index contributed by atoms with van der Waals surface area (Å²) < 4.78 is 34.5. The van der Waals surface area contributed by atoms with E-state index in [1.165, 1.54) is 59.0 Å². The minimum Gasteiger partial charge on any atom is -0.497 e. The van der Waals surface area contributed by atoms with Crippen molar-refractivity contribution in [2.24, 2.45) is 0 Å². The van der Waals surface area contributed by atoms with E-state index in [0.717, 1.165) is 0 Å². The first kappa shape index (κ1) is 18.5. The van der Waals surface area contributed by atoms with Gasteiger partial charge in [0.25, 0.3) is 5.91 Å². The number of carbonyl (C=O) groups is 1. The lowest BCUT2D eigenvalue weighted by molar-refractivity contribution is 0.0988. The lowest BCUT2D eigenvalue weighted by Gasteiger charge is -2.18. The van der Waals surface area contributed by atoms with Crippen molar-refractivity contribution in [1.29, 1.82) is 0 Å². The fraction of sp³-hybridized carbons (Fsp3) is 0.0952. The molecule has 0 aliphatic rings. The van der Waals surface area contributed by atoms with E-state index in [4.69, 9.17) is 4.74 Å². The molecule has 0 fully saturated rings. The van der Waals surface area contributed by atoms with Crippen molar-refractivity contribution in [1.82, 2.24) is 14.4 Å². The minimum atomic E-state index is -0.578. The van der Waals surface area contributed by atoms with Crippen LogP contribution in [0.2, 0.25) is 0 Å². The SMILES string of the molecule is COc1ccc(-c2nc3ncccn3c2C(=O)N(C)c2ccc(F)cc2)c(F)c1. The predicted molar refractivity (Wildman–Crippen MR) is 104 cm³/mol. The molecule has 4 aromatic rings. The predicted octanol–water partition coefficient (Wildman–Crippen LogP) is 3.96. The molecular weight excluding hydrogens is 378 g/mol. The number of aromatic nitrogens is 3. The average Bonchev–Trinajstić information content (AvgIpc) is 3.12. The Labute approximate surface area is 165 Å². The van der Waals surface area contributed by atoms with Gasteiger partial charge in [0.05, 0.1) is 7.11 Å². The highest BCUT2D eigenvalue weighted by Crippen LogP contribution is 2.30. The first-order chi connectivity index (χ1) is 14.0. The number of benzene rings is 2. The maximum atomic E-state index is 14.7. The molecule has 2 aromatic heterocycles. The summed E-state index contributed by atoms with van der Waals surface area (Å²) in [5.41, 5.74) is 0.926. The van der Waals surface area contributed by atoms with Gasteiger partial charge >= 0.3 is 0 Å². The van der Waals surface area contributed by atoms with Gasteiger partial charge in [0, 0.05) is 36.8 Å². The second-order valence-electron chi connectivity index (χ2n) is 6.29. The Morgan fingerprint density at radius 1 is 1.14 bits per heavy atom. The van der Waals surface area contributed by atoms with Gasteiger partial charge < -0.3 is 9.64 Å². The quantitative estimate of drug-likeness (QED) is 0.526.